The molecule has 124 valence electrons. The van der Waals surface area contributed by atoms with Crippen LogP contribution < -0.4 is 15.4 Å². The molecule has 0 bridgehead atoms. The first-order valence-electron chi connectivity index (χ1n) is 7.37. The minimum Gasteiger partial charge on any atom is -0.494 e. The number of nitrogens with one attached hydrogen (secondary N) is 2. The molecule has 0 saturated heterocycles. The summed E-state index contributed by atoms with van der Waals surface area (Å²) in [5, 5.41) is 9.70. The molecule has 2 N–H and O–H groups in total. The van der Waals surface area contributed by atoms with E-state index in [4.69, 9.17) is 4.74 Å². The van der Waals surface area contributed by atoms with Gasteiger partial charge in [0.05, 0.1) is 19.7 Å². The number of hydrogen-bond donors (Lipinski definition) is 2. The molecule has 0 aliphatic carbocycles. The van der Waals surface area contributed by atoms with E-state index in [-0.39, 0.29) is 23.9 Å². The number of aromatic nitrogens is 2. The van der Waals surface area contributed by atoms with E-state index in [1.807, 2.05) is 19.2 Å². The Bertz CT molecular complexity index is 646. The zero-order valence-corrected chi connectivity index (χ0v) is 13.4. The molecular weight excluding hydrogens is 299 g/mol. The lowest BCUT2D eigenvalue weighted by Crippen LogP contribution is -2.43. The molecule has 0 spiro atoms. The summed E-state index contributed by atoms with van der Waals surface area (Å²) in [4.78, 5) is 12.0. The minimum absolute atomic E-state index is 0.0882. The van der Waals surface area contributed by atoms with Crippen molar-refractivity contribution in [3.8, 4) is 5.75 Å². The fraction of sp³-hybridized carbons (Fsp3) is 0.375. The van der Waals surface area contributed by atoms with Crippen LogP contribution in [0.25, 0.3) is 0 Å². The van der Waals surface area contributed by atoms with Gasteiger partial charge in [0.15, 0.2) is 11.6 Å². The molecule has 2 rings (SSSR count). The van der Waals surface area contributed by atoms with Crippen LogP contribution >= 0.6 is 0 Å². The summed E-state index contributed by atoms with van der Waals surface area (Å²) in [7, 11) is 1.41. The number of methoxy groups -OCH3 is 1. The summed E-state index contributed by atoms with van der Waals surface area (Å²) < 4.78 is 20.3. The molecule has 0 radical (unpaired) electrons. The number of halogens is 1. The topological polar surface area (TPSA) is 68.2 Å². The summed E-state index contributed by atoms with van der Waals surface area (Å²) in [6, 6.07) is 5.72. The average molecular weight is 320 g/mol. The summed E-state index contributed by atoms with van der Waals surface area (Å²) in [5.41, 5.74) is 0.665. The standard InChI is InChI=1S/C16H21FN4O2/c1-11(10-21-8-4-7-18-21)19-16(22)20-12(2)13-5-6-15(23-3)14(17)9-13/h4-9,11-12H,10H2,1-3H3,(H2,19,20,22)/t11-,12+/m0/s1. The number of carbonyl (C=O) groups is 1. The van der Waals surface area contributed by atoms with Crippen LogP contribution in [0.1, 0.15) is 25.5 Å². The highest BCUT2D eigenvalue weighted by Gasteiger charge is 2.14. The Labute approximate surface area is 134 Å². The smallest absolute Gasteiger partial charge is 0.315 e. The van der Waals surface area contributed by atoms with E-state index in [0.717, 1.165) is 0 Å². The Kier molecular flexibility index (Phi) is 5.56. The monoisotopic (exact) mass is 320 g/mol. The van der Waals surface area contributed by atoms with E-state index < -0.39 is 5.82 Å². The first kappa shape index (κ1) is 16.8. The molecule has 2 amide bonds. The van der Waals surface area contributed by atoms with Crippen molar-refractivity contribution in [2.24, 2.45) is 0 Å². The lowest BCUT2D eigenvalue weighted by molar-refractivity contribution is 0.233. The number of amides is 2. The van der Waals surface area contributed by atoms with Crippen LogP contribution in [0.5, 0.6) is 5.75 Å². The maximum Gasteiger partial charge on any atom is 0.315 e. The molecule has 1 aromatic heterocycles. The van der Waals surface area contributed by atoms with Crippen molar-refractivity contribution in [1.29, 1.82) is 0 Å². The predicted octanol–water partition coefficient (Wildman–Crippen LogP) is 2.48. The predicted molar refractivity (Wildman–Crippen MR) is 84.7 cm³/mol. The van der Waals surface area contributed by atoms with Gasteiger partial charge in [-0.2, -0.15) is 5.10 Å². The number of ether oxygens (including phenoxy) is 1. The largest absolute Gasteiger partial charge is 0.494 e. The summed E-state index contributed by atoms with van der Waals surface area (Å²) in [6.45, 7) is 4.25. The average Bonchev–Trinajstić information content (AvgIpc) is 2.99. The van der Waals surface area contributed by atoms with Gasteiger partial charge in [-0.25, -0.2) is 9.18 Å². The van der Waals surface area contributed by atoms with Gasteiger partial charge in [0.2, 0.25) is 0 Å². The Morgan fingerprint density at radius 1 is 1.39 bits per heavy atom. The van der Waals surface area contributed by atoms with Gasteiger partial charge in [-0.1, -0.05) is 6.07 Å². The quantitative estimate of drug-likeness (QED) is 0.859. The van der Waals surface area contributed by atoms with Crippen LogP contribution in [0.2, 0.25) is 0 Å². The van der Waals surface area contributed by atoms with E-state index in [0.29, 0.717) is 12.1 Å². The third kappa shape index (κ3) is 4.70. The second-order valence-electron chi connectivity index (χ2n) is 5.36. The zero-order chi connectivity index (χ0) is 16.8. The number of rotatable bonds is 6. The molecular formula is C16H21FN4O2. The Balaban J connectivity index is 1.87. The van der Waals surface area contributed by atoms with Crippen LogP contribution in [0, 0.1) is 5.82 Å². The lowest BCUT2D eigenvalue weighted by atomic mass is 10.1. The van der Waals surface area contributed by atoms with Gasteiger partial charge in [0, 0.05) is 18.4 Å². The van der Waals surface area contributed by atoms with Crippen molar-refractivity contribution in [3.63, 3.8) is 0 Å². The van der Waals surface area contributed by atoms with Crippen LogP contribution in [0.4, 0.5) is 9.18 Å². The third-order valence-electron chi connectivity index (χ3n) is 3.42. The first-order valence-corrected chi connectivity index (χ1v) is 7.37. The fourth-order valence-electron chi connectivity index (χ4n) is 2.23. The van der Waals surface area contributed by atoms with Crippen LogP contribution in [0.3, 0.4) is 0 Å². The molecule has 2 aromatic rings. The highest BCUT2D eigenvalue weighted by molar-refractivity contribution is 5.74. The maximum atomic E-state index is 13.7. The van der Waals surface area contributed by atoms with Crippen LogP contribution in [0.15, 0.2) is 36.7 Å². The molecule has 0 saturated carbocycles. The van der Waals surface area contributed by atoms with Crippen molar-refractivity contribution >= 4 is 6.03 Å². The fourth-order valence-corrected chi connectivity index (χ4v) is 2.23. The lowest BCUT2D eigenvalue weighted by Gasteiger charge is -2.19. The maximum absolute atomic E-state index is 13.7. The van der Waals surface area contributed by atoms with Crippen LogP contribution in [-0.2, 0) is 6.54 Å². The highest BCUT2D eigenvalue weighted by atomic mass is 19.1. The van der Waals surface area contributed by atoms with Gasteiger partial charge < -0.3 is 15.4 Å². The molecule has 0 unspecified atom stereocenters. The highest BCUT2D eigenvalue weighted by Crippen LogP contribution is 2.21. The SMILES string of the molecule is COc1ccc([C@@H](C)NC(=O)N[C@@H](C)Cn2cccn2)cc1F. The number of hydrogen-bond acceptors (Lipinski definition) is 3. The normalized spacial score (nSPS) is 13.2. The van der Waals surface area contributed by atoms with Gasteiger partial charge in [-0.15, -0.1) is 0 Å². The van der Waals surface area contributed by atoms with Crippen molar-refractivity contribution in [1.82, 2.24) is 20.4 Å². The molecule has 23 heavy (non-hydrogen) atoms. The molecule has 0 aliphatic heterocycles. The van der Waals surface area contributed by atoms with Crippen molar-refractivity contribution < 1.29 is 13.9 Å². The van der Waals surface area contributed by atoms with Crippen LogP contribution in [-0.4, -0.2) is 29.0 Å². The number of nitrogens with zero attached hydrogens (tertiary/aromatic N) is 2. The molecule has 6 nitrogen and oxygen atoms in total. The van der Waals surface area contributed by atoms with Gasteiger partial charge in [-0.3, -0.25) is 4.68 Å². The van der Waals surface area contributed by atoms with Gasteiger partial charge >= 0.3 is 6.03 Å². The number of carbonyl (C=O) groups excluding carboxylic acids is 1. The summed E-state index contributed by atoms with van der Waals surface area (Å²) >= 11 is 0. The number of urea groups is 1. The molecule has 2 atom stereocenters. The van der Waals surface area contributed by atoms with Gasteiger partial charge in [0.1, 0.15) is 0 Å². The van der Waals surface area contributed by atoms with Crippen molar-refractivity contribution in [3.05, 3.63) is 48.0 Å². The minimum atomic E-state index is -0.453. The van der Waals surface area contributed by atoms with E-state index in [9.17, 15) is 9.18 Å². The third-order valence-corrected chi connectivity index (χ3v) is 3.42. The molecule has 7 heteroatoms. The van der Waals surface area contributed by atoms with E-state index in [1.54, 1.807) is 29.9 Å². The number of benzene rings is 1. The molecule has 1 heterocycles. The Morgan fingerprint density at radius 2 is 2.17 bits per heavy atom. The Morgan fingerprint density at radius 3 is 2.78 bits per heavy atom. The van der Waals surface area contributed by atoms with Crippen molar-refractivity contribution in [2.45, 2.75) is 32.5 Å². The summed E-state index contributed by atoms with van der Waals surface area (Å²) in [5.74, 6) is -0.274. The molecule has 0 aliphatic rings. The molecule has 0 fully saturated rings. The Hall–Kier alpha value is -2.57. The second-order valence-corrected chi connectivity index (χ2v) is 5.36. The van der Waals surface area contributed by atoms with E-state index in [2.05, 4.69) is 15.7 Å². The van der Waals surface area contributed by atoms with Gasteiger partial charge in [0.25, 0.3) is 0 Å². The van der Waals surface area contributed by atoms with Crippen molar-refractivity contribution in [2.75, 3.05) is 7.11 Å². The zero-order valence-electron chi connectivity index (χ0n) is 13.4. The first-order chi connectivity index (χ1) is 11.0. The van der Waals surface area contributed by atoms with Gasteiger partial charge in [-0.05, 0) is 37.6 Å². The summed E-state index contributed by atoms with van der Waals surface area (Å²) in [6.07, 6.45) is 3.52. The molecule has 1 aromatic carbocycles. The van der Waals surface area contributed by atoms with E-state index >= 15 is 0 Å². The second kappa shape index (κ2) is 7.62. The van der Waals surface area contributed by atoms with E-state index in [1.165, 1.54) is 13.2 Å².